The lowest BCUT2D eigenvalue weighted by atomic mass is 10.2. The van der Waals surface area contributed by atoms with Gasteiger partial charge in [0.15, 0.2) is 0 Å². The second kappa shape index (κ2) is 3.67. The molecule has 0 fully saturated rings. The van der Waals surface area contributed by atoms with Crippen molar-refractivity contribution in [1.29, 1.82) is 5.26 Å². The molecular weight excluding hydrogens is 172 g/mol. The Morgan fingerprint density at radius 1 is 1.92 bits per heavy atom. The molecule has 0 spiro atoms. The number of carboxylic acid groups (broad SMARTS) is 1. The summed E-state index contributed by atoms with van der Waals surface area (Å²) in [6.45, 7) is 1.79. The van der Waals surface area contributed by atoms with Crippen molar-refractivity contribution >= 4 is 5.97 Å². The van der Waals surface area contributed by atoms with Gasteiger partial charge in [-0.1, -0.05) is 6.92 Å². The largest absolute Gasteiger partial charge is 0.481 e. The van der Waals surface area contributed by atoms with Crippen LogP contribution in [0, 0.1) is 17.2 Å². The monoisotopic (exact) mass is 180 g/mol. The van der Waals surface area contributed by atoms with Gasteiger partial charge < -0.3 is 5.11 Å². The van der Waals surface area contributed by atoms with E-state index in [-0.39, 0.29) is 12.4 Å². The fourth-order valence-corrected chi connectivity index (χ4v) is 0.793. The van der Waals surface area contributed by atoms with Crippen LogP contribution in [0.1, 0.15) is 12.7 Å². The summed E-state index contributed by atoms with van der Waals surface area (Å²) in [6, 6.07) is 1.76. The maximum absolute atomic E-state index is 10.5. The van der Waals surface area contributed by atoms with E-state index in [9.17, 15) is 4.79 Å². The molecule has 1 heterocycles. The van der Waals surface area contributed by atoms with Gasteiger partial charge in [-0.25, -0.2) is 4.98 Å². The number of aromatic nitrogens is 3. The maximum atomic E-state index is 10.5. The average Bonchev–Trinajstić information content (AvgIpc) is 2.52. The van der Waals surface area contributed by atoms with Gasteiger partial charge in [-0.15, -0.1) is 5.10 Å². The zero-order chi connectivity index (χ0) is 9.84. The lowest BCUT2D eigenvalue weighted by Gasteiger charge is -2.03. The van der Waals surface area contributed by atoms with Crippen LogP contribution < -0.4 is 0 Å². The second-order valence-electron chi connectivity index (χ2n) is 2.64. The van der Waals surface area contributed by atoms with E-state index in [2.05, 4.69) is 10.1 Å². The van der Waals surface area contributed by atoms with Crippen molar-refractivity contribution in [1.82, 2.24) is 14.8 Å². The average molecular weight is 180 g/mol. The van der Waals surface area contributed by atoms with Crippen LogP contribution in [0.25, 0.3) is 0 Å². The molecule has 6 heteroatoms. The van der Waals surface area contributed by atoms with E-state index < -0.39 is 11.9 Å². The topological polar surface area (TPSA) is 91.8 Å². The van der Waals surface area contributed by atoms with Crippen LogP contribution >= 0.6 is 0 Å². The van der Waals surface area contributed by atoms with E-state index in [0.717, 1.165) is 0 Å². The van der Waals surface area contributed by atoms with E-state index in [4.69, 9.17) is 10.4 Å². The minimum Gasteiger partial charge on any atom is -0.481 e. The van der Waals surface area contributed by atoms with Crippen LogP contribution in [-0.2, 0) is 11.3 Å². The van der Waals surface area contributed by atoms with Gasteiger partial charge in [0.2, 0.25) is 0 Å². The van der Waals surface area contributed by atoms with Crippen molar-refractivity contribution in [3.63, 3.8) is 0 Å². The van der Waals surface area contributed by atoms with E-state index in [0.29, 0.717) is 0 Å². The molecule has 0 saturated heterocycles. The highest BCUT2D eigenvalue weighted by atomic mass is 16.4. The van der Waals surface area contributed by atoms with Gasteiger partial charge in [-0.3, -0.25) is 9.48 Å². The summed E-state index contributed by atoms with van der Waals surface area (Å²) >= 11 is 0. The van der Waals surface area contributed by atoms with Crippen LogP contribution in [0.4, 0.5) is 0 Å². The normalized spacial score (nSPS) is 12.0. The van der Waals surface area contributed by atoms with Crippen molar-refractivity contribution in [2.45, 2.75) is 13.5 Å². The first-order chi connectivity index (χ1) is 6.13. The van der Waals surface area contributed by atoms with Crippen LogP contribution in [0.15, 0.2) is 6.33 Å². The Morgan fingerprint density at radius 3 is 3.08 bits per heavy atom. The van der Waals surface area contributed by atoms with Gasteiger partial charge in [0.05, 0.1) is 12.5 Å². The molecule has 1 N–H and O–H groups in total. The standard InChI is InChI=1S/C7H8N4O2/c1-5(7(12)13)3-11-4-9-6(2-8)10-11/h4-5H,3H2,1H3,(H,12,13). The molecule has 0 amide bonds. The second-order valence-corrected chi connectivity index (χ2v) is 2.64. The third-order valence-electron chi connectivity index (χ3n) is 1.52. The summed E-state index contributed by atoms with van der Waals surface area (Å²) in [5, 5.41) is 20.7. The molecule has 0 aromatic carbocycles. The highest BCUT2D eigenvalue weighted by molar-refractivity contribution is 5.69. The predicted molar refractivity (Wildman–Crippen MR) is 41.5 cm³/mol. The first-order valence-corrected chi connectivity index (χ1v) is 3.66. The van der Waals surface area contributed by atoms with Crippen LogP contribution in [-0.4, -0.2) is 25.8 Å². The predicted octanol–water partition coefficient (Wildman–Crippen LogP) is -0.130. The van der Waals surface area contributed by atoms with Gasteiger partial charge in [-0.05, 0) is 0 Å². The molecular formula is C7H8N4O2. The van der Waals surface area contributed by atoms with Crippen molar-refractivity contribution < 1.29 is 9.90 Å². The number of hydrogen-bond acceptors (Lipinski definition) is 4. The molecule has 68 valence electrons. The van der Waals surface area contributed by atoms with Crippen LogP contribution in [0.2, 0.25) is 0 Å². The minimum absolute atomic E-state index is 0.0533. The summed E-state index contributed by atoms with van der Waals surface area (Å²) in [7, 11) is 0. The molecule has 6 nitrogen and oxygen atoms in total. The quantitative estimate of drug-likeness (QED) is 0.699. The summed E-state index contributed by atoms with van der Waals surface area (Å²) in [6.07, 6.45) is 1.35. The van der Waals surface area contributed by atoms with Crippen LogP contribution in [0.5, 0.6) is 0 Å². The van der Waals surface area contributed by atoms with E-state index in [1.54, 1.807) is 13.0 Å². The molecule has 0 radical (unpaired) electrons. The number of nitriles is 1. The maximum Gasteiger partial charge on any atom is 0.308 e. The number of nitrogens with zero attached hydrogens (tertiary/aromatic N) is 4. The Kier molecular flexibility index (Phi) is 2.59. The molecule has 0 aliphatic rings. The fraction of sp³-hybridized carbons (Fsp3) is 0.429. The third kappa shape index (κ3) is 2.27. The summed E-state index contributed by atoms with van der Waals surface area (Å²) in [5.41, 5.74) is 0. The number of aliphatic carboxylic acids is 1. The lowest BCUT2D eigenvalue weighted by Crippen LogP contribution is -2.17. The SMILES string of the molecule is CC(Cn1cnc(C#N)n1)C(=O)O. The fourth-order valence-electron chi connectivity index (χ4n) is 0.793. The summed E-state index contributed by atoms with van der Waals surface area (Å²) in [4.78, 5) is 14.1. The van der Waals surface area contributed by atoms with E-state index in [1.165, 1.54) is 11.0 Å². The summed E-state index contributed by atoms with van der Waals surface area (Å²) < 4.78 is 1.34. The smallest absolute Gasteiger partial charge is 0.308 e. The zero-order valence-corrected chi connectivity index (χ0v) is 7.01. The first-order valence-electron chi connectivity index (χ1n) is 3.66. The Labute approximate surface area is 74.4 Å². The van der Waals surface area contributed by atoms with Crippen molar-refractivity contribution in [3.05, 3.63) is 12.2 Å². The van der Waals surface area contributed by atoms with Crippen LogP contribution in [0.3, 0.4) is 0 Å². The molecule has 1 rings (SSSR count). The molecule has 1 aromatic heterocycles. The Hall–Kier alpha value is -1.90. The van der Waals surface area contributed by atoms with Gasteiger partial charge in [0, 0.05) is 0 Å². The number of carboxylic acids is 1. The lowest BCUT2D eigenvalue weighted by molar-refractivity contribution is -0.141. The van der Waals surface area contributed by atoms with Crippen molar-refractivity contribution in [2.24, 2.45) is 5.92 Å². The Balaban J connectivity index is 2.65. The number of rotatable bonds is 3. The number of carbonyl (C=O) groups is 1. The molecule has 0 aliphatic carbocycles. The molecule has 0 bridgehead atoms. The van der Waals surface area contributed by atoms with Gasteiger partial charge in [0.1, 0.15) is 12.4 Å². The molecule has 13 heavy (non-hydrogen) atoms. The van der Waals surface area contributed by atoms with E-state index in [1.807, 2.05) is 0 Å². The molecule has 1 aromatic rings. The molecule has 1 atom stereocenters. The highest BCUT2D eigenvalue weighted by Gasteiger charge is 2.12. The van der Waals surface area contributed by atoms with E-state index >= 15 is 0 Å². The zero-order valence-electron chi connectivity index (χ0n) is 7.01. The van der Waals surface area contributed by atoms with Gasteiger partial charge in [-0.2, -0.15) is 5.26 Å². The highest BCUT2D eigenvalue weighted by Crippen LogP contribution is 1.99. The third-order valence-corrected chi connectivity index (χ3v) is 1.52. The minimum atomic E-state index is -0.894. The molecule has 0 saturated carbocycles. The van der Waals surface area contributed by atoms with Crippen molar-refractivity contribution in [2.75, 3.05) is 0 Å². The van der Waals surface area contributed by atoms with Crippen molar-refractivity contribution in [3.8, 4) is 6.07 Å². The molecule has 0 aliphatic heterocycles. The van der Waals surface area contributed by atoms with Gasteiger partial charge in [0.25, 0.3) is 5.82 Å². The Morgan fingerprint density at radius 2 is 2.62 bits per heavy atom. The summed E-state index contributed by atoms with van der Waals surface area (Å²) in [5.74, 6) is -1.38. The Bertz CT molecular complexity index is 352. The first kappa shape index (κ1) is 9.19. The molecule has 1 unspecified atom stereocenters. The number of hydrogen-bond donors (Lipinski definition) is 1. The van der Waals surface area contributed by atoms with Gasteiger partial charge >= 0.3 is 5.97 Å².